The van der Waals surface area contributed by atoms with Crippen LogP contribution in [0.15, 0.2) is 12.3 Å². The van der Waals surface area contributed by atoms with Crippen LogP contribution >= 0.6 is 0 Å². The number of hydrogen-bond acceptors (Lipinski definition) is 3. The van der Waals surface area contributed by atoms with Gasteiger partial charge in [0, 0.05) is 18.7 Å². The van der Waals surface area contributed by atoms with Crippen molar-refractivity contribution in [2.75, 3.05) is 0 Å². The van der Waals surface area contributed by atoms with Gasteiger partial charge in [-0.2, -0.15) is 5.10 Å². The summed E-state index contributed by atoms with van der Waals surface area (Å²) in [7, 11) is 1.79. The number of carbonyl (C=O) groups excluding carboxylic acids is 2. The van der Waals surface area contributed by atoms with E-state index >= 15 is 0 Å². The van der Waals surface area contributed by atoms with Gasteiger partial charge in [-0.3, -0.25) is 14.3 Å². The van der Waals surface area contributed by atoms with Crippen molar-refractivity contribution >= 4 is 11.6 Å². The summed E-state index contributed by atoms with van der Waals surface area (Å²) >= 11 is 0. The highest BCUT2D eigenvalue weighted by molar-refractivity contribution is 6.08. The van der Waals surface area contributed by atoms with E-state index in [0.717, 1.165) is 37.0 Å². The van der Waals surface area contributed by atoms with Crippen LogP contribution in [0.3, 0.4) is 0 Å². The average molecular weight is 286 g/mol. The predicted molar refractivity (Wildman–Crippen MR) is 77.8 cm³/mol. The van der Waals surface area contributed by atoms with Gasteiger partial charge in [0.2, 0.25) is 0 Å². The van der Waals surface area contributed by atoms with E-state index in [1.54, 1.807) is 24.0 Å². The van der Waals surface area contributed by atoms with Gasteiger partial charge in [0.05, 0.1) is 6.42 Å². The largest absolute Gasteiger partial charge is 0.299 e. The van der Waals surface area contributed by atoms with Crippen LogP contribution in [-0.4, -0.2) is 21.3 Å². The van der Waals surface area contributed by atoms with Crippen LogP contribution in [0.4, 0.5) is 0 Å². The summed E-state index contributed by atoms with van der Waals surface area (Å²) in [4.78, 5) is 25.1. The van der Waals surface area contributed by atoms with Crippen LogP contribution in [-0.2, 0) is 11.8 Å². The minimum Gasteiger partial charge on any atom is -0.299 e. The molecule has 0 atom stereocenters. The zero-order chi connectivity index (χ0) is 14.6. The van der Waals surface area contributed by atoms with Crippen LogP contribution < -0.4 is 0 Å². The maximum absolute atomic E-state index is 12.8. The molecular formula is C17H22N2O2. The molecule has 21 heavy (non-hydrogen) atoms. The van der Waals surface area contributed by atoms with E-state index in [1.165, 1.54) is 19.3 Å². The molecule has 4 aliphatic rings. The Labute approximate surface area is 124 Å². The molecule has 0 aliphatic heterocycles. The summed E-state index contributed by atoms with van der Waals surface area (Å²) in [6.45, 7) is 0. The molecule has 0 amide bonds. The Morgan fingerprint density at radius 1 is 1.19 bits per heavy atom. The summed E-state index contributed by atoms with van der Waals surface area (Å²) in [5, 5.41) is 4.12. The molecule has 0 unspecified atom stereocenters. The smallest absolute Gasteiger partial charge is 0.190 e. The lowest BCUT2D eigenvalue weighted by Crippen LogP contribution is -2.50. The normalized spacial score (nSPS) is 36.9. The van der Waals surface area contributed by atoms with E-state index in [0.29, 0.717) is 5.69 Å². The fraction of sp³-hybridized carbons (Fsp3) is 0.706. The summed E-state index contributed by atoms with van der Waals surface area (Å²) < 4.78 is 1.61. The van der Waals surface area contributed by atoms with E-state index in [1.807, 2.05) is 0 Å². The molecular weight excluding hydrogens is 264 g/mol. The summed E-state index contributed by atoms with van der Waals surface area (Å²) in [6, 6.07) is 1.70. The molecule has 5 rings (SSSR count). The molecule has 112 valence electrons. The third-order valence-corrected chi connectivity index (χ3v) is 5.95. The topological polar surface area (TPSA) is 52.0 Å². The number of hydrogen-bond donors (Lipinski definition) is 0. The minimum absolute atomic E-state index is 0.0448. The molecule has 4 bridgehead atoms. The summed E-state index contributed by atoms with van der Waals surface area (Å²) in [6.07, 6.45) is 8.86. The highest BCUT2D eigenvalue weighted by atomic mass is 16.1. The molecule has 4 aliphatic carbocycles. The molecule has 4 heteroatoms. The van der Waals surface area contributed by atoms with Crippen molar-refractivity contribution in [1.82, 2.24) is 9.78 Å². The van der Waals surface area contributed by atoms with Crippen molar-refractivity contribution in [3.63, 3.8) is 0 Å². The number of carbonyl (C=O) groups is 2. The molecule has 0 radical (unpaired) electrons. The molecule has 0 aromatic carbocycles. The van der Waals surface area contributed by atoms with Crippen molar-refractivity contribution in [2.24, 2.45) is 30.2 Å². The molecule has 1 aromatic heterocycles. The summed E-state index contributed by atoms with van der Waals surface area (Å²) in [5.41, 5.74) is 0.259. The number of aryl methyl sites for hydroxylation is 1. The second-order valence-electron chi connectivity index (χ2n) is 7.60. The zero-order valence-electron chi connectivity index (χ0n) is 12.5. The van der Waals surface area contributed by atoms with Gasteiger partial charge in [0.1, 0.15) is 11.5 Å². The van der Waals surface area contributed by atoms with Crippen LogP contribution in [0.5, 0.6) is 0 Å². The van der Waals surface area contributed by atoms with Crippen LogP contribution in [0.2, 0.25) is 0 Å². The lowest BCUT2D eigenvalue weighted by Gasteiger charge is -2.56. The molecule has 4 fully saturated rings. The maximum Gasteiger partial charge on any atom is 0.190 e. The second kappa shape index (κ2) is 4.52. The van der Waals surface area contributed by atoms with Crippen molar-refractivity contribution in [1.29, 1.82) is 0 Å². The molecule has 0 N–H and O–H groups in total. The highest BCUT2D eigenvalue weighted by Crippen LogP contribution is 2.60. The van der Waals surface area contributed by atoms with Gasteiger partial charge in [-0.1, -0.05) is 0 Å². The Balaban J connectivity index is 1.51. The number of nitrogens with zero attached hydrogens (tertiary/aromatic N) is 2. The Hall–Kier alpha value is -1.45. The van der Waals surface area contributed by atoms with Crippen molar-refractivity contribution in [2.45, 2.75) is 44.9 Å². The quantitative estimate of drug-likeness (QED) is 0.631. The Kier molecular flexibility index (Phi) is 2.85. The minimum atomic E-state index is -0.167. The Morgan fingerprint density at radius 3 is 2.24 bits per heavy atom. The Bertz CT molecular complexity index is 566. The molecule has 4 saturated carbocycles. The summed E-state index contributed by atoms with van der Waals surface area (Å²) in [5.74, 6) is 2.30. The zero-order valence-corrected chi connectivity index (χ0v) is 12.5. The van der Waals surface area contributed by atoms with Crippen LogP contribution in [0.1, 0.15) is 55.4 Å². The lowest BCUT2D eigenvalue weighted by atomic mass is 9.48. The van der Waals surface area contributed by atoms with Crippen LogP contribution in [0.25, 0.3) is 0 Å². The number of Topliss-reactive ketones (excluding diaryl/α,β-unsaturated/α-hetero) is 2. The predicted octanol–water partition coefficient (Wildman–Crippen LogP) is 2.78. The van der Waals surface area contributed by atoms with E-state index in [9.17, 15) is 9.59 Å². The second-order valence-corrected chi connectivity index (χ2v) is 7.60. The average Bonchev–Trinajstić information content (AvgIpc) is 2.84. The van der Waals surface area contributed by atoms with E-state index in [-0.39, 0.29) is 23.4 Å². The fourth-order valence-electron chi connectivity index (χ4n) is 5.44. The van der Waals surface area contributed by atoms with E-state index < -0.39 is 0 Å². The van der Waals surface area contributed by atoms with Gasteiger partial charge in [-0.05, 0) is 62.3 Å². The standard InChI is InChI=1S/C17H22N2O2/c1-19-3-2-14(18-19)15(20)7-16(21)17-8-11-4-12(9-17)6-13(5-11)10-17/h2-3,11-13H,4-10H2,1H3. The first kappa shape index (κ1) is 13.2. The van der Waals surface area contributed by atoms with Crippen molar-refractivity contribution < 1.29 is 9.59 Å². The fourth-order valence-corrected chi connectivity index (χ4v) is 5.44. The number of rotatable bonds is 4. The molecule has 0 spiro atoms. The Morgan fingerprint density at radius 2 is 1.76 bits per heavy atom. The number of ketones is 2. The first-order valence-electron chi connectivity index (χ1n) is 8.10. The van der Waals surface area contributed by atoms with Crippen molar-refractivity contribution in [3.05, 3.63) is 18.0 Å². The molecule has 1 heterocycles. The highest BCUT2D eigenvalue weighted by Gasteiger charge is 2.54. The van der Waals surface area contributed by atoms with Gasteiger partial charge in [0.15, 0.2) is 5.78 Å². The third-order valence-electron chi connectivity index (χ3n) is 5.95. The molecule has 0 saturated heterocycles. The third kappa shape index (κ3) is 2.16. The molecule has 1 aromatic rings. The van der Waals surface area contributed by atoms with Gasteiger partial charge in [-0.25, -0.2) is 0 Å². The monoisotopic (exact) mass is 286 g/mol. The van der Waals surface area contributed by atoms with Gasteiger partial charge < -0.3 is 0 Å². The van der Waals surface area contributed by atoms with E-state index in [4.69, 9.17) is 0 Å². The van der Waals surface area contributed by atoms with Gasteiger partial charge >= 0.3 is 0 Å². The molecule has 4 nitrogen and oxygen atoms in total. The van der Waals surface area contributed by atoms with Gasteiger partial charge in [0.25, 0.3) is 0 Å². The van der Waals surface area contributed by atoms with Crippen LogP contribution in [0, 0.1) is 23.2 Å². The van der Waals surface area contributed by atoms with Crippen molar-refractivity contribution in [3.8, 4) is 0 Å². The maximum atomic E-state index is 12.8. The van der Waals surface area contributed by atoms with E-state index in [2.05, 4.69) is 5.10 Å². The first-order chi connectivity index (χ1) is 10.0. The lowest BCUT2D eigenvalue weighted by molar-refractivity contribution is -0.142. The first-order valence-corrected chi connectivity index (χ1v) is 8.10. The SMILES string of the molecule is Cn1ccc(C(=O)CC(=O)C23CC4CC(CC(C4)C2)C3)n1. The van der Waals surface area contributed by atoms with Gasteiger partial charge in [-0.15, -0.1) is 0 Å². The number of aromatic nitrogens is 2.